The van der Waals surface area contributed by atoms with Crippen LogP contribution in [0.2, 0.25) is 0 Å². The summed E-state index contributed by atoms with van der Waals surface area (Å²) >= 11 is 1.04. The summed E-state index contributed by atoms with van der Waals surface area (Å²) < 4.78 is 0.453. The lowest BCUT2D eigenvalue weighted by atomic mass is 10.3. The third-order valence-electron chi connectivity index (χ3n) is 1.69. The fourth-order valence-corrected chi connectivity index (χ4v) is 1.97. The van der Waals surface area contributed by atoms with E-state index >= 15 is 0 Å². The first-order valence-corrected chi connectivity index (χ1v) is 4.48. The van der Waals surface area contributed by atoms with Crippen molar-refractivity contribution in [2.45, 2.75) is 0 Å². The second kappa shape index (κ2) is 3.05. The van der Waals surface area contributed by atoms with Gasteiger partial charge >= 0.3 is 0 Å². The van der Waals surface area contributed by atoms with E-state index in [1.807, 2.05) is 6.07 Å². The Hall–Kier alpha value is -2.00. The van der Waals surface area contributed by atoms with E-state index in [2.05, 4.69) is 4.98 Å². The number of hydrogen-bond acceptors (Lipinski definition) is 5. The van der Waals surface area contributed by atoms with Crippen LogP contribution in [0, 0.1) is 21.4 Å². The highest BCUT2D eigenvalue weighted by Gasteiger charge is 2.15. The summed E-state index contributed by atoms with van der Waals surface area (Å²) in [5.41, 5.74) is 0.502. The summed E-state index contributed by atoms with van der Waals surface area (Å²) in [6, 6.07) is 6.48. The van der Waals surface area contributed by atoms with Gasteiger partial charge in [0.2, 0.25) is 0 Å². The molecule has 1 aromatic carbocycles. The van der Waals surface area contributed by atoms with Crippen LogP contribution in [-0.2, 0) is 0 Å². The lowest BCUT2D eigenvalue weighted by Crippen LogP contribution is -1.86. The van der Waals surface area contributed by atoms with Crippen molar-refractivity contribution in [2.24, 2.45) is 0 Å². The van der Waals surface area contributed by atoms with Crippen LogP contribution >= 0.6 is 11.3 Å². The van der Waals surface area contributed by atoms with E-state index in [1.165, 1.54) is 6.07 Å². The minimum Gasteiger partial charge on any atom is -0.258 e. The molecule has 0 saturated heterocycles. The third-order valence-corrected chi connectivity index (χ3v) is 2.68. The van der Waals surface area contributed by atoms with Crippen LogP contribution in [0.25, 0.3) is 10.2 Å². The SMILES string of the molecule is N#Cc1nc2cccc([N+](=O)[O-])c2s1. The van der Waals surface area contributed by atoms with Gasteiger partial charge in [0.25, 0.3) is 5.69 Å². The second-order valence-electron chi connectivity index (χ2n) is 2.51. The minimum absolute atomic E-state index is 0.00139. The maximum Gasteiger partial charge on any atom is 0.288 e. The Morgan fingerprint density at radius 2 is 2.36 bits per heavy atom. The standard InChI is InChI=1S/C8H3N3O2S/c9-4-7-10-5-2-1-3-6(11(12)13)8(5)14-7/h1-3H. The summed E-state index contributed by atoms with van der Waals surface area (Å²) in [6.07, 6.45) is 0. The highest BCUT2D eigenvalue weighted by Crippen LogP contribution is 2.30. The van der Waals surface area contributed by atoms with Gasteiger partial charge in [-0.2, -0.15) is 5.26 Å². The fraction of sp³-hybridized carbons (Fsp3) is 0. The summed E-state index contributed by atoms with van der Waals surface area (Å²) in [5.74, 6) is 0. The lowest BCUT2D eigenvalue weighted by Gasteiger charge is -1.89. The van der Waals surface area contributed by atoms with Gasteiger partial charge in [-0.3, -0.25) is 10.1 Å². The van der Waals surface area contributed by atoms with E-state index in [0.717, 1.165) is 11.3 Å². The number of thiazole rings is 1. The Bertz CT molecular complexity index is 555. The molecule has 0 saturated carbocycles. The Labute approximate surface area is 82.4 Å². The molecule has 0 amide bonds. The van der Waals surface area contributed by atoms with Gasteiger partial charge in [0.05, 0.1) is 10.4 Å². The van der Waals surface area contributed by atoms with Gasteiger partial charge in [-0.25, -0.2) is 4.98 Å². The molecule has 2 aromatic rings. The van der Waals surface area contributed by atoms with Gasteiger partial charge in [-0.05, 0) is 6.07 Å². The highest BCUT2D eigenvalue weighted by atomic mass is 32.1. The summed E-state index contributed by atoms with van der Waals surface area (Å²) in [4.78, 5) is 14.1. The average molecular weight is 205 g/mol. The number of fused-ring (bicyclic) bond motifs is 1. The van der Waals surface area contributed by atoms with Crippen molar-refractivity contribution in [1.82, 2.24) is 4.98 Å². The number of nitro benzene ring substituents is 1. The van der Waals surface area contributed by atoms with Gasteiger partial charge in [-0.1, -0.05) is 17.4 Å². The molecule has 68 valence electrons. The molecule has 0 fully saturated rings. The maximum atomic E-state index is 10.6. The van der Waals surface area contributed by atoms with Gasteiger partial charge in [0.15, 0.2) is 5.01 Å². The van der Waals surface area contributed by atoms with E-state index in [0.29, 0.717) is 10.2 Å². The number of non-ortho nitro benzene ring substituents is 1. The van der Waals surface area contributed by atoms with Crippen LogP contribution in [0.4, 0.5) is 5.69 Å². The molecule has 0 spiro atoms. The second-order valence-corrected chi connectivity index (χ2v) is 3.51. The molecule has 0 bridgehead atoms. The molecule has 0 aliphatic rings. The molecule has 1 heterocycles. The van der Waals surface area contributed by atoms with Gasteiger partial charge in [0, 0.05) is 6.07 Å². The molecule has 0 unspecified atom stereocenters. The normalized spacial score (nSPS) is 9.93. The molecule has 14 heavy (non-hydrogen) atoms. The molecule has 0 atom stereocenters. The fourth-order valence-electron chi connectivity index (χ4n) is 1.13. The first kappa shape index (κ1) is 8.59. The van der Waals surface area contributed by atoms with Crippen molar-refractivity contribution in [3.05, 3.63) is 33.3 Å². The monoisotopic (exact) mass is 205 g/mol. The summed E-state index contributed by atoms with van der Waals surface area (Å²) in [6.45, 7) is 0. The number of nitriles is 1. The van der Waals surface area contributed by atoms with E-state index in [1.54, 1.807) is 12.1 Å². The molecule has 5 nitrogen and oxygen atoms in total. The van der Waals surface area contributed by atoms with Crippen molar-refractivity contribution in [1.29, 1.82) is 5.26 Å². The van der Waals surface area contributed by atoms with Crippen LogP contribution < -0.4 is 0 Å². The minimum atomic E-state index is -0.471. The predicted octanol–water partition coefficient (Wildman–Crippen LogP) is 2.08. The maximum absolute atomic E-state index is 10.6. The highest BCUT2D eigenvalue weighted by molar-refractivity contribution is 7.19. The van der Waals surface area contributed by atoms with E-state index in [-0.39, 0.29) is 10.7 Å². The van der Waals surface area contributed by atoms with E-state index in [4.69, 9.17) is 5.26 Å². The van der Waals surface area contributed by atoms with Crippen LogP contribution in [0.5, 0.6) is 0 Å². The van der Waals surface area contributed by atoms with Gasteiger partial charge < -0.3 is 0 Å². The number of nitrogens with zero attached hydrogens (tertiary/aromatic N) is 3. The number of rotatable bonds is 1. The molecular formula is C8H3N3O2S. The molecular weight excluding hydrogens is 202 g/mol. The van der Waals surface area contributed by atoms with Crippen molar-refractivity contribution in [2.75, 3.05) is 0 Å². The summed E-state index contributed by atoms with van der Waals surface area (Å²) in [7, 11) is 0. The van der Waals surface area contributed by atoms with Crippen LogP contribution in [-0.4, -0.2) is 9.91 Å². The first-order chi connectivity index (χ1) is 6.72. The lowest BCUT2D eigenvalue weighted by molar-refractivity contribution is -0.382. The Balaban J connectivity index is 2.81. The van der Waals surface area contributed by atoms with Crippen molar-refractivity contribution in [3.63, 3.8) is 0 Å². The molecule has 2 rings (SSSR count). The third kappa shape index (κ3) is 1.20. The number of nitro groups is 1. The molecule has 0 aliphatic heterocycles. The Morgan fingerprint density at radius 3 is 3.00 bits per heavy atom. The largest absolute Gasteiger partial charge is 0.288 e. The average Bonchev–Trinajstić information content (AvgIpc) is 2.59. The zero-order valence-electron chi connectivity index (χ0n) is 6.80. The number of aromatic nitrogens is 1. The molecule has 6 heteroatoms. The van der Waals surface area contributed by atoms with Crippen LogP contribution in [0.1, 0.15) is 5.01 Å². The van der Waals surface area contributed by atoms with Crippen molar-refractivity contribution in [3.8, 4) is 6.07 Å². The molecule has 0 aliphatic carbocycles. The molecule has 0 N–H and O–H groups in total. The molecule has 1 aromatic heterocycles. The zero-order chi connectivity index (χ0) is 10.1. The van der Waals surface area contributed by atoms with Crippen molar-refractivity contribution < 1.29 is 4.92 Å². The zero-order valence-corrected chi connectivity index (χ0v) is 7.61. The Kier molecular flexibility index (Phi) is 1.87. The van der Waals surface area contributed by atoms with Gasteiger partial charge in [-0.15, -0.1) is 0 Å². The quantitative estimate of drug-likeness (QED) is 0.527. The van der Waals surface area contributed by atoms with Crippen molar-refractivity contribution >= 4 is 27.2 Å². The topological polar surface area (TPSA) is 79.8 Å². The smallest absolute Gasteiger partial charge is 0.258 e. The van der Waals surface area contributed by atoms with E-state index in [9.17, 15) is 10.1 Å². The predicted molar refractivity (Wildman–Crippen MR) is 51.0 cm³/mol. The van der Waals surface area contributed by atoms with E-state index < -0.39 is 4.92 Å². The number of hydrogen-bond donors (Lipinski definition) is 0. The van der Waals surface area contributed by atoms with Gasteiger partial charge in [0.1, 0.15) is 10.8 Å². The van der Waals surface area contributed by atoms with Crippen LogP contribution in [0.3, 0.4) is 0 Å². The van der Waals surface area contributed by atoms with Crippen LogP contribution in [0.15, 0.2) is 18.2 Å². The number of benzene rings is 1. The summed E-state index contributed by atoms with van der Waals surface area (Å²) in [5, 5.41) is 19.5. The molecule has 0 radical (unpaired) electrons. The Morgan fingerprint density at radius 1 is 1.57 bits per heavy atom. The first-order valence-electron chi connectivity index (χ1n) is 3.66.